The number of fused-ring (bicyclic) bond motifs is 2. The van der Waals surface area contributed by atoms with Crippen LogP contribution in [0.15, 0.2) is 84.9 Å². The van der Waals surface area contributed by atoms with Gasteiger partial charge in [0.15, 0.2) is 5.65 Å². The van der Waals surface area contributed by atoms with Crippen molar-refractivity contribution in [3.8, 4) is 0 Å². The molecule has 5 aromatic rings. The fraction of sp³-hybridized carbons (Fsp3) is 0.143. The first-order chi connectivity index (χ1) is 17.1. The molecule has 5 rings (SSSR count). The number of nitrogens with zero attached hydrogens (tertiary/aromatic N) is 3. The highest BCUT2D eigenvalue weighted by Crippen LogP contribution is 2.36. The number of rotatable bonds is 6. The first kappa shape index (κ1) is 22.3. The number of benzene rings is 3. The molecule has 7 heteroatoms. The molecule has 0 saturated carbocycles. The number of amides is 1. The summed E-state index contributed by atoms with van der Waals surface area (Å²) in [5.41, 5.74) is 3.86. The molecule has 2 aromatic heterocycles. The molecule has 0 aliphatic rings. The number of aromatic nitrogens is 3. The summed E-state index contributed by atoms with van der Waals surface area (Å²) in [7, 11) is 0. The zero-order valence-electron chi connectivity index (χ0n) is 19.4. The molecule has 7 nitrogen and oxygen atoms in total. The lowest BCUT2D eigenvalue weighted by Crippen LogP contribution is -2.20. The van der Waals surface area contributed by atoms with E-state index >= 15 is 0 Å². The Morgan fingerprint density at radius 3 is 2.14 bits per heavy atom. The van der Waals surface area contributed by atoms with Crippen molar-refractivity contribution in [2.45, 2.75) is 19.9 Å². The van der Waals surface area contributed by atoms with Gasteiger partial charge in [-0.1, -0.05) is 60.7 Å². The highest BCUT2D eigenvalue weighted by Gasteiger charge is 2.30. The van der Waals surface area contributed by atoms with E-state index in [4.69, 9.17) is 14.7 Å². The van der Waals surface area contributed by atoms with Gasteiger partial charge in [-0.15, -0.1) is 0 Å². The highest BCUT2D eigenvalue weighted by atomic mass is 16.5. The minimum Gasteiger partial charge on any atom is -0.462 e. The molecule has 174 valence electrons. The van der Waals surface area contributed by atoms with E-state index < -0.39 is 5.97 Å². The Hall–Kier alpha value is -4.52. The zero-order valence-corrected chi connectivity index (χ0v) is 19.4. The topological polar surface area (TPSA) is 86.1 Å². The Bertz CT molecular complexity index is 1530. The summed E-state index contributed by atoms with van der Waals surface area (Å²) in [5, 5.41) is 2.97. The molecule has 0 radical (unpaired) electrons. The molecule has 3 aromatic carbocycles. The van der Waals surface area contributed by atoms with Gasteiger partial charge >= 0.3 is 5.97 Å². The highest BCUT2D eigenvalue weighted by molar-refractivity contribution is 6.13. The van der Waals surface area contributed by atoms with E-state index in [0.29, 0.717) is 33.6 Å². The monoisotopic (exact) mass is 464 g/mol. The average molecular weight is 465 g/mol. The van der Waals surface area contributed by atoms with Crippen molar-refractivity contribution >= 4 is 39.9 Å². The molecule has 0 aliphatic carbocycles. The van der Waals surface area contributed by atoms with Crippen molar-refractivity contribution in [1.82, 2.24) is 14.5 Å². The van der Waals surface area contributed by atoms with Crippen LogP contribution in [0.4, 0.5) is 5.82 Å². The summed E-state index contributed by atoms with van der Waals surface area (Å²) in [4.78, 5) is 36.2. The van der Waals surface area contributed by atoms with E-state index in [1.54, 1.807) is 31.2 Å². The second-order valence-electron chi connectivity index (χ2n) is 8.11. The van der Waals surface area contributed by atoms with Crippen LogP contribution in [0.1, 0.15) is 46.2 Å². The molecular formula is C28H24N4O3. The van der Waals surface area contributed by atoms with Crippen LogP contribution < -0.4 is 5.32 Å². The lowest BCUT2D eigenvalue weighted by Gasteiger charge is -2.19. The third-order valence-electron chi connectivity index (χ3n) is 5.91. The number of anilines is 1. The lowest BCUT2D eigenvalue weighted by molar-refractivity contribution is 0.0529. The summed E-state index contributed by atoms with van der Waals surface area (Å²) in [6.07, 6.45) is 0. The van der Waals surface area contributed by atoms with E-state index in [9.17, 15) is 9.59 Å². The van der Waals surface area contributed by atoms with Crippen molar-refractivity contribution in [1.29, 1.82) is 0 Å². The van der Waals surface area contributed by atoms with Crippen molar-refractivity contribution in [3.63, 3.8) is 0 Å². The predicted molar refractivity (Wildman–Crippen MR) is 136 cm³/mol. The maximum atomic E-state index is 13.3. The quantitative estimate of drug-likeness (QED) is 0.330. The Kier molecular flexibility index (Phi) is 5.97. The molecule has 35 heavy (non-hydrogen) atoms. The molecule has 2 heterocycles. The van der Waals surface area contributed by atoms with Crippen molar-refractivity contribution in [2.75, 3.05) is 11.9 Å². The van der Waals surface area contributed by atoms with Gasteiger partial charge in [0.25, 0.3) is 5.91 Å². The Balaban J connectivity index is 1.81. The minimum atomic E-state index is -0.565. The fourth-order valence-electron chi connectivity index (χ4n) is 4.21. The van der Waals surface area contributed by atoms with Crippen molar-refractivity contribution < 1.29 is 14.3 Å². The van der Waals surface area contributed by atoms with Crippen LogP contribution in [-0.4, -0.2) is 33.0 Å². The van der Waals surface area contributed by atoms with Crippen LogP contribution in [0.5, 0.6) is 0 Å². The van der Waals surface area contributed by atoms with E-state index in [1.165, 1.54) is 0 Å². The van der Waals surface area contributed by atoms with Crippen LogP contribution >= 0.6 is 0 Å². The van der Waals surface area contributed by atoms with Crippen LogP contribution in [0, 0.1) is 0 Å². The number of carbonyl (C=O) groups is 2. The van der Waals surface area contributed by atoms with E-state index in [-0.39, 0.29) is 24.1 Å². The van der Waals surface area contributed by atoms with Gasteiger partial charge in [0.05, 0.1) is 23.7 Å². The first-order valence-electron chi connectivity index (χ1n) is 11.5. The summed E-state index contributed by atoms with van der Waals surface area (Å²) < 4.78 is 7.26. The normalized spacial score (nSPS) is 11.9. The summed E-state index contributed by atoms with van der Waals surface area (Å²) in [6, 6.07) is 25.9. The first-order valence-corrected chi connectivity index (χ1v) is 11.5. The van der Waals surface area contributed by atoms with Gasteiger partial charge in [0.1, 0.15) is 16.9 Å². The molecule has 0 spiro atoms. The number of esters is 1. The molecule has 1 amide bonds. The van der Waals surface area contributed by atoms with Crippen LogP contribution in [0.2, 0.25) is 0 Å². The largest absolute Gasteiger partial charge is 0.462 e. The summed E-state index contributed by atoms with van der Waals surface area (Å²) >= 11 is 0. The molecule has 1 atom stereocenters. The van der Waals surface area contributed by atoms with Crippen LogP contribution in [0.3, 0.4) is 0 Å². The average Bonchev–Trinajstić information content (AvgIpc) is 3.20. The number of hydrogen-bond acceptors (Lipinski definition) is 5. The maximum absolute atomic E-state index is 13.3. The Morgan fingerprint density at radius 2 is 1.49 bits per heavy atom. The van der Waals surface area contributed by atoms with Gasteiger partial charge in [-0.2, -0.15) is 0 Å². The third-order valence-corrected chi connectivity index (χ3v) is 5.91. The maximum Gasteiger partial charge on any atom is 0.344 e. The number of hydrogen-bond donors (Lipinski definition) is 1. The molecule has 1 N–H and O–H groups in total. The fourth-order valence-corrected chi connectivity index (χ4v) is 4.21. The molecule has 0 aliphatic heterocycles. The SMILES string of the molecule is CCOC(=O)c1c(NC(=O)c2ccccc2)n([C@@H](C)c2ccccc2)c2nc3ccccc3nc12. The number of carbonyl (C=O) groups excluding carboxylic acids is 2. The molecule has 0 fully saturated rings. The second-order valence-corrected chi connectivity index (χ2v) is 8.11. The van der Waals surface area contributed by atoms with E-state index in [2.05, 4.69) is 5.32 Å². The van der Waals surface area contributed by atoms with Gasteiger partial charge in [0, 0.05) is 5.56 Å². The van der Waals surface area contributed by atoms with Crippen molar-refractivity contribution in [3.05, 3.63) is 102 Å². The minimum absolute atomic E-state index is 0.187. The predicted octanol–water partition coefficient (Wildman–Crippen LogP) is 5.62. The van der Waals surface area contributed by atoms with Crippen LogP contribution in [0.25, 0.3) is 22.2 Å². The van der Waals surface area contributed by atoms with Gasteiger partial charge in [0.2, 0.25) is 0 Å². The van der Waals surface area contributed by atoms with Gasteiger partial charge < -0.3 is 14.6 Å². The summed E-state index contributed by atoms with van der Waals surface area (Å²) in [5.74, 6) is -0.603. The van der Waals surface area contributed by atoms with Crippen LogP contribution in [-0.2, 0) is 4.74 Å². The number of ether oxygens (including phenoxy) is 1. The van der Waals surface area contributed by atoms with Gasteiger partial charge in [-0.05, 0) is 43.7 Å². The molecule has 0 bridgehead atoms. The van der Waals surface area contributed by atoms with Crippen molar-refractivity contribution in [2.24, 2.45) is 0 Å². The lowest BCUT2D eigenvalue weighted by atomic mass is 10.1. The molecule has 0 saturated heterocycles. The standard InChI is InChI=1S/C28H24N4O3/c1-3-35-28(34)23-24-26(30-22-17-11-10-16-21(22)29-24)32(18(2)19-12-6-4-7-13-19)25(23)31-27(33)20-14-8-5-9-15-20/h4-18H,3H2,1-2H3,(H,31,33)/t18-/m0/s1. The second kappa shape index (κ2) is 9.38. The van der Waals surface area contributed by atoms with Gasteiger partial charge in [-0.25, -0.2) is 14.8 Å². The summed E-state index contributed by atoms with van der Waals surface area (Å²) in [6.45, 7) is 3.93. The Morgan fingerprint density at radius 1 is 0.886 bits per heavy atom. The zero-order chi connectivity index (χ0) is 24.4. The van der Waals surface area contributed by atoms with E-state index in [0.717, 1.165) is 5.56 Å². The third kappa shape index (κ3) is 4.12. The van der Waals surface area contributed by atoms with E-state index in [1.807, 2.05) is 72.2 Å². The Labute approximate surface area is 202 Å². The van der Waals surface area contributed by atoms with Gasteiger partial charge in [-0.3, -0.25) is 4.79 Å². The number of nitrogens with one attached hydrogen (secondary N) is 1. The smallest absolute Gasteiger partial charge is 0.344 e. The molecular weight excluding hydrogens is 440 g/mol. The molecule has 0 unspecified atom stereocenters. The number of para-hydroxylation sites is 2.